The first-order chi connectivity index (χ1) is 9.65. The summed E-state index contributed by atoms with van der Waals surface area (Å²) in [5.74, 6) is 0.697. The second kappa shape index (κ2) is 6.38. The van der Waals surface area contributed by atoms with E-state index in [1.807, 2.05) is 12.1 Å². The highest BCUT2D eigenvalue weighted by atomic mass is 16.5. The molecule has 1 aromatic carbocycles. The van der Waals surface area contributed by atoms with E-state index in [4.69, 9.17) is 14.2 Å². The van der Waals surface area contributed by atoms with Crippen LogP contribution in [0.1, 0.15) is 5.56 Å². The first kappa shape index (κ1) is 14.3. The SMILES string of the molecule is COc1ccc(CCN2C(=O)COCC2=O)cc1OC. The zero-order valence-corrected chi connectivity index (χ0v) is 11.5. The average Bonchev–Trinajstić information content (AvgIpc) is 2.46. The maximum Gasteiger partial charge on any atom is 0.255 e. The predicted molar refractivity (Wildman–Crippen MR) is 70.8 cm³/mol. The van der Waals surface area contributed by atoms with Crippen LogP contribution in [0.2, 0.25) is 0 Å². The lowest BCUT2D eigenvalue weighted by Gasteiger charge is -2.24. The highest BCUT2D eigenvalue weighted by Crippen LogP contribution is 2.27. The molecule has 6 heteroatoms. The molecule has 2 amide bonds. The number of hydrogen-bond acceptors (Lipinski definition) is 5. The van der Waals surface area contributed by atoms with Gasteiger partial charge >= 0.3 is 0 Å². The number of ether oxygens (including phenoxy) is 3. The second-order valence-electron chi connectivity index (χ2n) is 4.37. The Labute approximate surface area is 117 Å². The normalized spacial score (nSPS) is 15.4. The minimum Gasteiger partial charge on any atom is -0.493 e. The van der Waals surface area contributed by atoms with E-state index in [1.165, 1.54) is 4.90 Å². The largest absolute Gasteiger partial charge is 0.493 e. The summed E-state index contributed by atoms with van der Waals surface area (Å²) in [5.41, 5.74) is 0.967. The number of nitrogens with zero attached hydrogens (tertiary/aromatic N) is 1. The van der Waals surface area contributed by atoms with E-state index < -0.39 is 0 Å². The average molecular weight is 279 g/mol. The Balaban J connectivity index is 2.03. The second-order valence-corrected chi connectivity index (χ2v) is 4.37. The van der Waals surface area contributed by atoms with Gasteiger partial charge in [0.15, 0.2) is 11.5 Å². The number of hydrogen-bond donors (Lipinski definition) is 0. The van der Waals surface area contributed by atoms with Crippen molar-refractivity contribution in [2.45, 2.75) is 6.42 Å². The van der Waals surface area contributed by atoms with Crippen LogP contribution in [-0.2, 0) is 20.7 Å². The molecule has 0 bridgehead atoms. The monoisotopic (exact) mass is 279 g/mol. The Kier molecular flexibility index (Phi) is 4.57. The zero-order chi connectivity index (χ0) is 14.5. The molecule has 108 valence electrons. The van der Waals surface area contributed by atoms with E-state index >= 15 is 0 Å². The molecule has 6 nitrogen and oxygen atoms in total. The van der Waals surface area contributed by atoms with Crippen molar-refractivity contribution in [1.82, 2.24) is 4.90 Å². The number of amides is 2. The van der Waals surface area contributed by atoms with Gasteiger partial charge in [0.25, 0.3) is 11.8 Å². The molecule has 0 radical (unpaired) electrons. The van der Waals surface area contributed by atoms with Gasteiger partial charge in [0.1, 0.15) is 13.2 Å². The number of carbonyl (C=O) groups excluding carboxylic acids is 2. The van der Waals surface area contributed by atoms with Gasteiger partial charge in [-0.05, 0) is 24.1 Å². The van der Waals surface area contributed by atoms with E-state index in [0.29, 0.717) is 24.5 Å². The van der Waals surface area contributed by atoms with Gasteiger partial charge in [-0.25, -0.2) is 0 Å². The number of morpholine rings is 1. The summed E-state index contributed by atoms with van der Waals surface area (Å²) in [7, 11) is 3.14. The van der Waals surface area contributed by atoms with Crippen LogP contribution in [0.3, 0.4) is 0 Å². The van der Waals surface area contributed by atoms with Crippen LogP contribution >= 0.6 is 0 Å². The molecule has 0 unspecified atom stereocenters. The first-order valence-corrected chi connectivity index (χ1v) is 6.27. The molecule has 0 saturated carbocycles. The minimum absolute atomic E-state index is 0.0301. The maximum absolute atomic E-state index is 11.6. The summed E-state index contributed by atoms with van der Waals surface area (Å²) >= 11 is 0. The Morgan fingerprint density at radius 2 is 1.75 bits per heavy atom. The molecular formula is C14H17NO5. The van der Waals surface area contributed by atoms with Crippen LogP contribution in [0.15, 0.2) is 18.2 Å². The van der Waals surface area contributed by atoms with Crippen molar-refractivity contribution in [3.8, 4) is 11.5 Å². The molecule has 2 rings (SSSR count). The molecule has 1 aliphatic rings. The molecule has 20 heavy (non-hydrogen) atoms. The highest BCUT2D eigenvalue weighted by molar-refractivity contribution is 5.98. The number of rotatable bonds is 5. The molecular weight excluding hydrogens is 262 g/mol. The summed E-state index contributed by atoms with van der Waals surface area (Å²) < 4.78 is 15.2. The summed E-state index contributed by atoms with van der Waals surface area (Å²) in [4.78, 5) is 24.4. The van der Waals surface area contributed by atoms with Crippen LogP contribution in [0.4, 0.5) is 0 Å². The Morgan fingerprint density at radius 3 is 2.35 bits per heavy atom. The first-order valence-electron chi connectivity index (χ1n) is 6.27. The van der Waals surface area contributed by atoms with E-state index in [0.717, 1.165) is 5.56 Å². The molecule has 0 spiro atoms. The predicted octanol–water partition coefficient (Wildman–Crippen LogP) is 0.632. The minimum atomic E-state index is -0.290. The standard InChI is InChI=1S/C14H17NO5/c1-18-11-4-3-10(7-12(11)19-2)5-6-15-13(16)8-20-9-14(15)17/h3-4,7H,5-6,8-9H2,1-2H3. The van der Waals surface area contributed by atoms with Crippen LogP contribution in [-0.4, -0.2) is 50.7 Å². The lowest BCUT2D eigenvalue weighted by Crippen LogP contribution is -2.46. The van der Waals surface area contributed by atoms with Crippen LogP contribution < -0.4 is 9.47 Å². The lowest BCUT2D eigenvalue weighted by atomic mass is 10.1. The molecule has 0 atom stereocenters. The van der Waals surface area contributed by atoms with Crippen molar-refractivity contribution in [2.75, 3.05) is 34.0 Å². The van der Waals surface area contributed by atoms with Crippen molar-refractivity contribution in [1.29, 1.82) is 0 Å². The third-order valence-corrected chi connectivity index (χ3v) is 3.13. The van der Waals surface area contributed by atoms with Crippen molar-refractivity contribution in [3.05, 3.63) is 23.8 Å². The molecule has 0 aliphatic carbocycles. The summed E-state index contributed by atoms with van der Waals surface area (Å²) in [6, 6.07) is 5.53. The van der Waals surface area contributed by atoms with Gasteiger partial charge in [0, 0.05) is 6.54 Å². The molecule has 1 aromatic rings. The Hall–Kier alpha value is -2.08. The molecule has 0 N–H and O–H groups in total. The zero-order valence-electron chi connectivity index (χ0n) is 11.5. The fraction of sp³-hybridized carbons (Fsp3) is 0.429. The Morgan fingerprint density at radius 1 is 1.10 bits per heavy atom. The third-order valence-electron chi connectivity index (χ3n) is 3.13. The van der Waals surface area contributed by atoms with Crippen LogP contribution in [0.5, 0.6) is 11.5 Å². The van der Waals surface area contributed by atoms with E-state index in [-0.39, 0.29) is 25.0 Å². The van der Waals surface area contributed by atoms with Gasteiger partial charge in [0.05, 0.1) is 14.2 Å². The number of imide groups is 1. The number of benzene rings is 1. The molecule has 1 fully saturated rings. The summed E-state index contributed by atoms with van der Waals surface area (Å²) in [6.07, 6.45) is 0.567. The number of carbonyl (C=O) groups is 2. The summed E-state index contributed by atoms with van der Waals surface area (Å²) in [5, 5.41) is 0. The van der Waals surface area contributed by atoms with Crippen molar-refractivity contribution < 1.29 is 23.8 Å². The number of methoxy groups -OCH3 is 2. The summed E-state index contributed by atoms with van der Waals surface area (Å²) in [6.45, 7) is 0.284. The lowest BCUT2D eigenvalue weighted by molar-refractivity contribution is -0.158. The maximum atomic E-state index is 11.6. The van der Waals surface area contributed by atoms with Crippen molar-refractivity contribution in [3.63, 3.8) is 0 Å². The van der Waals surface area contributed by atoms with Gasteiger partial charge in [-0.2, -0.15) is 0 Å². The highest BCUT2D eigenvalue weighted by Gasteiger charge is 2.26. The van der Waals surface area contributed by atoms with Gasteiger partial charge in [0.2, 0.25) is 0 Å². The van der Waals surface area contributed by atoms with Crippen molar-refractivity contribution >= 4 is 11.8 Å². The van der Waals surface area contributed by atoms with E-state index in [1.54, 1.807) is 20.3 Å². The smallest absolute Gasteiger partial charge is 0.255 e. The molecule has 1 saturated heterocycles. The van der Waals surface area contributed by atoms with Gasteiger partial charge in [-0.3, -0.25) is 14.5 Å². The molecule has 1 aliphatic heterocycles. The van der Waals surface area contributed by atoms with E-state index in [2.05, 4.69) is 0 Å². The van der Waals surface area contributed by atoms with Gasteiger partial charge < -0.3 is 14.2 Å². The van der Waals surface area contributed by atoms with Crippen LogP contribution in [0, 0.1) is 0 Å². The van der Waals surface area contributed by atoms with Crippen LogP contribution in [0.25, 0.3) is 0 Å². The molecule has 0 aromatic heterocycles. The van der Waals surface area contributed by atoms with Gasteiger partial charge in [-0.15, -0.1) is 0 Å². The quantitative estimate of drug-likeness (QED) is 0.740. The topological polar surface area (TPSA) is 65.1 Å². The fourth-order valence-electron chi connectivity index (χ4n) is 2.05. The third kappa shape index (κ3) is 3.08. The Bertz CT molecular complexity index is 498. The van der Waals surface area contributed by atoms with Gasteiger partial charge in [-0.1, -0.05) is 6.07 Å². The molecule has 1 heterocycles. The van der Waals surface area contributed by atoms with Crippen molar-refractivity contribution in [2.24, 2.45) is 0 Å². The van der Waals surface area contributed by atoms with E-state index in [9.17, 15) is 9.59 Å². The fourth-order valence-corrected chi connectivity index (χ4v) is 2.05.